The Morgan fingerprint density at radius 3 is 2.66 bits per heavy atom. The van der Waals surface area contributed by atoms with Crippen LogP contribution in [0.3, 0.4) is 0 Å². The number of nitrogens with zero attached hydrogens (tertiary/aromatic N) is 1. The fourth-order valence-corrected chi connectivity index (χ4v) is 3.24. The Labute approximate surface area is 165 Å². The van der Waals surface area contributed by atoms with Crippen LogP contribution in [0.15, 0.2) is 73.1 Å². The van der Waals surface area contributed by atoms with E-state index in [1.807, 2.05) is 12.1 Å². The molecule has 4 aromatic rings. The number of benzene rings is 2. The van der Waals surface area contributed by atoms with Crippen molar-refractivity contribution in [2.24, 2.45) is 0 Å². The second kappa shape index (κ2) is 7.52. The van der Waals surface area contributed by atoms with Gasteiger partial charge in [0.05, 0.1) is 11.1 Å². The summed E-state index contributed by atoms with van der Waals surface area (Å²) in [4.78, 5) is 31.0. The van der Waals surface area contributed by atoms with E-state index in [-0.39, 0.29) is 5.56 Å². The maximum atomic E-state index is 14.2. The minimum absolute atomic E-state index is 0.0126. The number of nitrogens with one attached hydrogen (secondary N) is 1. The minimum atomic E-state index is -1.04. The Bertz CT molecular complexity index is 1270. The Hall–Kier alpha value is -4.06. The third kappa shape index (κ3) is 3.55. The predicted molar refractivity (Wildman–Crippen MR) is 108 cm³/mol. The van der Waals surface area contributed by atoms with Gasteiger partial charge in [-0.2, -0.15) is 0 Å². The molecule has 29 heavy (non-hydrogen) atoms. The van der Waals surface area contributed by atoms with Crippen LogP contribution < -0.4 is 0 Å². The number of H-pyrrole nitrogens is 1. The molecule has 0 saturated heterocycles. The van der Waals surface area contributed by atoms with Crippen LogP contribution in [0, 0.1) is 5.82 Å². The monoisotopic (exact) mass is 386 g/mol. The zero-order chi connectivity index (χ0) is 20.4. The molecule has 0 amide bonds. The normalized spacial score (nSPS) is 11.2. The van der Waals surface area contributed by atoms with Gasteiger partial charge in [-0.05, 0) is 47.0 Å². The third-order valence-electron chi connectivity index (χ3n) is 4.55. The number of carboxylic acids is 1. The number of aromatic amines is 1. The number of hydrogen-bond acceptors (Lipinski definition) is 3. The first kappa shape index (κ1) is 18.3. The third-order valence-corrected chi connectivity index (χ3v) is 4.55. The molecule has 0 radical (unpaired) electrons. The summed E-state index contributed by atoms with van der Waals surface area (Å²) in [5.74, 6) is -2.06. The van der Waals surface area contributed by atoms with E-state index in [1.54, 1.807) is 30.5 Å². The number of rotatable bonds is 5. The van der Waals surface area contributed by atoms with Crippen molar-refractivity contribution in [2.75, 3.05) is 0 Å². The van der Waals surface area contributed by atoms with Crippen LogP contribution in [0.2, 0.25) is 0 Å². The van der Waals surface area contributed by atoms with Gasteiger partial charge in [0.25, 0.3) is 0 Å². The lowest BCUT2D eigenvalue weighted by molar-refractivity contribution is -0.131. The number of carboxylic acid groups (broad SMARTS) is 1. The number of ketones is 1. The van der Waals surface area contributed by atoms with Gasteiger partial charge in [0, 0.05) is 23.9 Å². The van der Waals surface area contributed by atoms with E-state index < -0.39 is 17.6 Å². The number of fused-ring (bicyclic) bond motifs is 1. The molecule has 0 spiro atoms. The molecule has 0 fully saturated rings. The highest BCUT2D eigenvalue weighted by Crippen LogP contribution is 2.32. The zero-order valence-corrected chi connectivity index (χ0v) is 15.1. The summed E-state index contributed by atoms with van der Waals surface area (Å²) >= 11 is 0. The van der Waals surface area contributed by atoms with Crippen LogP contribution in [-0.2, 0) is 4.79 Å². The van der Waals surface area contributed by atoms with Gasteiger partial charge in [0.2, 0.25) is 0 Å². The Morgan fingerprint density at radius 2 is 1.86 bits per heavy atom. The van der Waals surface area contributed by atoms with Gasteiger partial charge in [0.1, 0.15) is 11.5 Å². The average molecular weight is 386 g/mol. The van der Waals surface area contributed by atoms with Crippen LogP contribution in [0.1, 0.15) is 21.5 Å². The first-order valence-corrected chi connectivity index (χ1v) is 8.81. The van der Waals surface area contributed by atoms with Crippen molar-refractivity contribution >= 4 is 28.9 Å². The largest absolute Gasteiger partial charge is 0.478 e. The van der Waals surface area contributed by atoms with E-state index in [1.165, 1.54) is 30.5 Å². The first-order chi connectivity index (χ1) is 14.0. The van der Waals surface area contributed by atoms with E-state index in [9.17, 15) is 14.0 Å². The molecule has 0 aliphatic carbocycles. The molecule has 142 valence electrons. The van der Waals surface area contributed by atoms with E-state index in [0.29, 0.717) is 22.2 Å². The lowest BCUT2D eigenvalue weighted by Crippen LogP contribution is -2.03. The number of carbonyl (C=O) groups is 2. The molecule has 2 aromatic heterocycles. The SMILES string of the molecule is O=C(O)C=Cc1cccc(-c2ccnc3[nH]cc(C(=O)c4ccccc4F)c23)c1. The van der Waals surface area contributed by atoms with Gasteiger partial charge in [-0.3, -0.25) is 4.79 Å². The number of carbonyl (C=O) groups excluding carboxylic acids is 1. The number of aliphatic carboxylic acids is 1. The van der Waals surface area contributed by atoms with E-state index in [2.05, 4.69) is 9.97 Å². The van der Waals surface area contributed by atoms with Crippen LogP contribution in [0.5, 0.6) is 0 Å². The van der Waals surface area contributed by atoms with Gasteiger partial charge in [-0.1, -0.05) is 30.3 Å². The van der Waals surface area contributed by atoms with Crippen molar-refractivity contribution in [1.29, 1.82) is 0 Å². The summed E-state index contributed by atoms with van der Waals surface area (Å²) in [5.41, 5.74) is 3.04. The van der Waals surface area contributed by atoms with Crippen molar-refractivity contribution in [1.82, 2.24) is 9.97 Å². The highest BCUT2D eigenvalue weighted by atomic mass is 19.1. The van der Waals surface area contributed by atoms with Crippen LogP contribution in [0.25, 0.3) is 28.2 Å². The lowest BCUT2D eigenvalue weighted by atomic mass is 9.96. The van der Waals surface area contributed by atoms with Crippen LogP contribution in [-0.4, -0.2) is 26.8 Å². The number of halogens is 1. The van der Waals surface area contributed by atoms with Crippen LogP contribution in [0.4, 0.5) is 4.39 Å². The van der Waals surface area contributed by atoms with Crippen molar-refractivity contribution in [3.8, 4) is 11.1 Å². The molecular formula is C23H15FN2O3. The van der Waals surface area contributed by atoms with E-state index >= 15 is 0 Å². The summed E-state index contributed by atoms with van der Waals surface area (Å²) in [7, 11) is 0. The molecule has 2 aromatic carbocycles. The van der Waals surface area contributed by atoms with Gasteiger partial charge in [-0.25, -0.2) is 14.2 Å². The fraction of sp³-hybridized carbons (Fsp3) is 0. The summed E-state index contributed by atoms with van der Waals surface area (Å²) < 4.78 is 14.2. The molecule has 5 nitrogen and oxygen atoms in total. The van der Waals surface area contributed by atoms with Crippen molar-refractivity contribution < 1.29 is 19.1 Å². The maximum absolute atomic E-state index is 14.2. The van der Waals surface area contributed by atoms with Gasteiger partial charge in [0.15, 0.2) is 5.78 Å². The van der Waals surface area contributed by atoms with Gasteiger partial charge in [-0.15, -0.1) is 0 Å². The van der Waals surface area contributed by atoms with Crippen molar-refractivity contribution in [2.45, 2.75) is 0 Å². The second-order valence-electron chi connectivity index (χ2n) is 6.39. The maximum Gasteiger partial charge on any atom is 0.328 e. The molecule has 0 bridgehead atoms. The smallest absolute Gasteiger partial charge is 0.328 e. The summed E-state index contributed by atoms with van der Waals surface area (Å²) in [6, 6.07) is 14.9. The average Bonchev–Trinajstić information content (AvgIpc) is 3.16. The van der Waals surface area contributed by atoms with Crippen molar-refractivity contribution in [3.63, 3.8) is 0 Å². The van der Waals surface area contributed by atoms with E-state index in [0.717, 1.165) is 17.2 Å². The Kier molecular flexibility index (Phi) is 4.75. The lowest BCUT2D eigenvalue weighted by Gasteiger charge is -2.07. The Balaban J connectivity index is 1.86. The minimum Gasteiger partial charge on any atom is -0.478 e. The number of pyridine rings is 1. The zero-order valence-electron chi connectivity index (χ0n) is 15.1. The molecule has 0 atom stereocenters. The highest BCUT2D eigenvalue weighted by Gasteiger charge is 2.20. The molecule has 0 saturated carbocycles. The topological polar surface area (TPSA) is 83.0 Å². The fourth-order valence-electron chi connectivity index (χ4n) is 3.24. The number of aromatic nitrogens is 2. The van der Waals surface area contributed by atoms with Gasteiger partial charge >= 0.3 is 5.97 Å². The molecule has 0 unspecified atom stereocenters. The molecule has 0 aliphatic heterocycles. The summed E-state index contributed by atoms with van der Waals surface area (Å²) in [6.45, 7) is 0. The standard InChI is InChI=1S/C23H15FN2O3/c24-19-7-2-1-6-17(19)22(29)18-13-26-23-21(18)16(10-11-25-23)15-5-3-4-14(12-15)8-9-20(27)28/h1-13H,(H,25,26)(H,27,28). The molecule has 4 rings (SSSR count). The molecule has 2 N–H and O–H groups in total. The van der Waals surface area contributed by atoms with Gasteiger partial charge < -0.3 is 10.1 Å². The quantitative estimate of drug-likeness (QED) is 0.385. The Morgan fingerprint density at radius 1 is 1.03 bits per heavy atom. The number of hydrogen-bond donors (Lipinski definition) is 2. The molecular weight excluding hydrogens is 371 g/mol. The first-order valence-electron chi connectivity index (χ1n) is 8.81. The van der Waals surface area contributed by atoms with Crippen molar-refractivity contribution in [3.05, 3.63) is 95.6 Å². The van der Waals surface area contributed by atoms with E-state index in [4.69, 9.17) is 5.11 Å². The van der Waals surface area contributed by atoms with Crippen LogP contribution >= 0.6 is 0 Å². The highest BCUT2D eigenvalue weighted by molar-refractivity contribution is 6.18. The molecule has 6 heteroatoms. The second-order valence-corrected chi connectivity index (χ2v) is 6.39. The predicted octanol–water partition coefficient (Wildman–Crippen LogP) is 4.70. The molecule has 0 aliphatic rings. The summed E-state index contributed by atoms with van der Waals surface area (Å²) in [6.07, 6.45) is 5.70. The summed E-state index contributed by atoms with van der Waals surface area (Å²) in [5, 5.41) is 9.42. The molecule has 2 heterocycles.